The minimum absolute atomic E-state index is 0.277. The zero-order chi connectivity index (χ0) is 29.1. The molecule has 0 N–H and O–H groups in total. The average molecular weight is 556 g/mol. The summed E-state index contributed by atoms with van der Waals surface area (Å²) in [6.45, 7) is 0. The van der Waals surface area contributed by atoms with Gasteiger partial charge in [0.15, 0.2) is 0 Å². The van der Waals surface area contributed by atoms with Crippen LogP contribution in [0.5, 0.6) is 0 Å². The van der Waals surface area contributed by atoms with Gasteiger partial charge in [0.2, 0.25) is 36.2 Å². The third-order valence-corrected chi connectivity index (χ3v) is 7.31. The Hall–Kier alpha value is -6.00. The second kappa shape index (κ2) is 9.29. The van der Waals surface area contributed by atoms with Crippen LogP contribution >= 0.6 is 0 Å². The highest BCUT2D eigenvalue weighted by Gasteiger charge is 2.17. The van der Waals surface area contributed by atoms with Crippen molar-refractivity contribution in [2.75, 3.05) is 0 Å². The number of pyridine rings is 2. The number of benzene rings is 3. The van der Waals surface area contributed by atoms with Crippen molar-refractivity contribution in [3.63, 3.8) is 0 Å². The van der Waals surface area contributed by atoms with Crippen LogP contribution in [0.4, 0.5) is 17.6 Å². The molecule has 0 amide bonds. The normalized spacial score (nSPS) is 12.5. The Bertz CT molecular complexity index is 2280. The van der Waals surface area contributed by atoms with Gasteiger partial charge >= 0.3 is 0 Å². The fraction of sp³-hybridized carbons (Fsp3) is 0. The molecule has 0 radical (unpaired) electrons. The van der Waals surface area contributed by atoms with Gasteiger partial charge < -0.3 is 0 Å². The Balaban J connectivity index is 1.54. The molecule has 0 saturated heterocycles. The third-order valence-electron chi connectivity index (χ3n) is 7.31. The Morgan fingerprint density at radius 3 is 1.14 bits per heavy atom. The Morgan fingerprint density at radius 2 is 0.786 bits per heavy atom. The van der Waals surface area contributed by atoms with Crippen LogP contribution in [0.25, 0.3) is 65.3 Å². The van der Waals surface area contributed by atoms with Crippen molar-refractivity contribution < 1.29 is 17.6 Å². The first kappa shape index (κ1) is 25.0. The second-order valence-corrected chi connectivity index (χ2v) is 9.59. The van der Waals surface area contributed by atoms with Crippen LogP contribution in [-0.4, -0.2) is 9.97 Å². The van der Waals surface area contributed by atoms with Crippen molar-refractivity contribution in [2.45, 2.75) is 0 Å². The molecule has 7 aromatic rings. The van der Waals surface area contributed by atoms with Gasteiger partial charge in [0, 0.05) is 45.8 Å². The fourth-order valence-electron chi connectivity index (χ4n) is 5.64. The second-order valence-electron chi connectivity index (χ2n) is 9.59. The molecule has 5 aromatic carbocycles. The molecule has 0 aliphatic rings. The van der Waals surface area contributed by atoms with E-state index in [2.05, 4.69) is 20.0 Å². The fourth-order valence-corrected chi connectivity index (χ4v) is 5.64. The van der Waals surface area contributed by atoms with Crippen molar-refractivity contribution in [2.24, 2.45) is 9.98 Å². The predicted molar refractivity (Wildman–Crippen MR) is 147 cm³/mol. The molecule has 0 unspecified atom stereocenters. The van der Waals surface area contributed by atoms with Gasteiger partial charge in [-0.15, -0.1) is 0 Å². The molecular formula is C32H12F4N6. The van der Waals surface area contributed by atoms with Crippen molar-refractivity contribution in [3.8, 4) is 34.6 Å². The summed E-state index contributed by atoms with van der Waals surface area (Å²) in [4.78, 5) is 14.5. The lowest BCUT2D eigenvalue weighted by Crippen LogP contribution is -1.99. The first-order chi connectivity index (χ1) is 20.3. The molecule has 6 nitrogen and oxygen atoms in total. The van der Waals surface area contributed by atoms with Crippen LogP contribution in [0.2, 0.25) is 0 Å². The van der Waals surface area contributed by atoms with E-state index in [0.29, 0.717) is 43.4 Å². The van der Waals surface area contributed by atoms with Crippen LogP contribution in [0.15, 0.2) is 82.8 Å². The zero-order valence-electron chi connectivity index (χ0n) is 21.1. The van der Waals surface area contributed by atoms with Gasteiger partial charge in [0.1, 0.15) is 0 Å². The van der Waals surface area contributed by atoms with Gasteiger partial charge in [-0.3, -0.25) is 0 Å². The molecule has 0 saturated carbocycles. The Labute approximate surface area is 233 Å². The molecule has 2 heterocycles. The number of nitriles is 2. The SMILES string of the molecule is N#CN=c1c2cc(-c3cc(F)nc(F)c3)ccc2c2cc3c(=NC#N)c4cc(-c5cc(F)nc(F)c5)ccc4c3cc12. The highest BCUT2D eigenvalue weighted by molar-refractivity contribution is 6.21. The molecule has 42 heavy (non-hydrogen) atoms. The number of hydrogen-bond donors (Lipinski definition) is 0. The highest BCUT2D eigenvalue weighted by atomic mass is 19.1. The van der Waals surface area contributed by atoms with Crippen LogP contribution in [0, 0.1) is 46.7 Å². The molecule has 7 rings (SSSR count). The molecule has 0 fully saturated rings. The standard InChI is InChI=1S/C32H12F4N6/c33-27-7-17(8-28(34)41-27)15-1-3-19-21-11-26-22(12-25(21)31(39-13-37)23(19)5-15)20-4-2-16(6-24(20)32(26)40-14-38)18-9-29(35)42-30(36)10-18/h1-12H. The van der Waals surface area contributed by atoms with Crippen molar-refractivity contribution in [3.05, 3.63) is 107 Å². The summed E-state index contributed by atoms with van der Waals surface area (Å²) >= 11 is 0. The largest absolute Gasteiger partial charge is 0.216 e. The number of hydrogen-bond acceptors (Lipinski definition) is 6. The first-order valence-corrected chi connectivity index (χ1v) is 12.4. The lowest BCUT2D eigenvalue weighted by molar-refractivity contribution is 0.512. The average Bonchev–Trinajstić information content (AvgIpc) is 3.42. The molecule has 0 aliphatic carbocycles. The summed E-state index contributed by atoms with van der Waals surface area (Å²) < 4.78 is 55.3. The van der Waals surface area contributed by atoms with Crippen LogP contribution < -0.4 is 10.7 Å². The van der Waals surface area contributed by atoms with Gasteiger partial charge in [0.25, 0.3) is 0 Å². The molecule has 2 aromatic heterocycles. The lowest BCUT2D eigenvalue weighted by Gasteiger charge is -2.03. The Morgan fingerprint density at radius 1 is 0.429 bits per heavy atom. The Kier molecular flexibility index (Phi) is 5.53. The van der Waals surface area contributed by atoms with Crippen molar-refractivity contribution >= 4 is 43.1 Å². The molecule has 10 heteroatoms. The number of halogens is 4. The first-order valence-electron chi connectivity index (χ1n) is 12.4. The van der Waals surface area contributed by atoms with Gasteiger partial charge in [0.05, 0.1) is 10.7 Å². The number of aromatic nitrogens is 2. The number of rotatable bonds is 2. The minimum Gasteiger partial charge on any atom is -0.191 e. The van der Waals surface area contributed by atoms with E-state index >= 15 is 0 Å². The summed E-state index contributed by atoms with van der Waals surface area (Å²) in [6, 6.07) is 18.6. The molecule has 0 bridgehead atoms. The van der Waals surface area contributed by atoms with Gasteiger partial charge in [-0.1, -0.05) is 24.3 Å². The summed E-state index contributed by atoms with van der Waals surface area (Å²) in [6.07, 6.45) is 3.69. The summed E-state index contributed by atoms with van der Waals surface area (Å²) in [5.74, 6) is -3.83. The van der Waals surface area contributed by atoms with Crippen LogP contribution in [0.3, 0.4) is 0 Å². The smallest absolute Gasteiger partial charge is 0.191 e. The molecular weight excluding hydrogens is 544 g/mol. The predicted octanol–water partition coefficient (Wildman–Crippen LogP) is 6.62. The summed E-state index contributed by atoms with van der Waals surface area (Å²) in [7, 11) is 0. The maximum atomic E-state index is 13.8. The quantitative estimate of drug-likeness (QED) is 0.136. The van der Waals surface area contributed by atoms with Gasteiger partial charge in [-0.05, 0) is 68.1 Å². The molecule has 0 atom stereocenters. The molecule has 198 valence electrons. The van der Waals surface area contributed by atoms with E-state index in [0.717, 1.165) is 45.8 Å². The van der Waals surface area contributed by atoms with Crippen molar-refractivity contribution in [1.29, 1.82) is 10.5 Å². The monoisotopic (exact) mass is 556 g/mol. The maximum Gasteiger partial charge on any atom is 0.216 e. The van der Waals surface area contributed by atoms with Gasteiger partial charge in [-0.2, -0.15) is 48.0 Å². The highest BCUT2D eigenvalue weighted by Crippen LogP contribution is 2.35. The van der Waals surface area contributed by atoms with E-state index < -0.39 is 23.8 Å². The van der Waals surface area contributed by atoms with E-state index in [9.17, 15) is 28.1 Å². The topological polar surface area (TPSA) is 98.1 Å². The third kappa shape index (κ3) is 3.86. The molecule has 0 spiro atoms. The van der Waals surface area contributed by atoms with E-state index in [1.807, 2.05) is 24.5 Å². The van der Waals surface area contributed by atoms with Crippen LogP contribution in [0.1, 0.15) is 0 Å². The maximum absolute atomic E-state index is 13.8. The summed E-state index contributed by atoms with van der Waals surface area (Å²) in [5.41, 5.74) is 1.57. The van der Waals surface area contributed by atoms with Crippen LogP contribution in [-0.2, 0) is 0 Å². The van der Waals surface area contributed by atoms with E-state index in [-0.39, 0.29) is 11.1 Å². The number of fused-ring (bicyclic) bond motifs is 6. The van der Waals surface area contributed by atoms with E-state index in [1.165, 1.54) is 0 Å². The summed E-state index contributed by atoms with van der Waals surface area (Å²) in [5, 5.41) is 25.2. The molecule has 0 aliphatic heterocycles. The lowest BCUT2D eigenvalue weighted by atomic mass is 10.0. The van der Waals surface area contributed by atoms with Gasteiger partial charge in [-0.25, -0.2) is 0 Å². The van der Waals surface area contributed by atoms with E-state index in [1.54, 1.807) is 36.4 Å². The minimum atomic E-state index is -0.957. The van der Waals surface area contributed by atoms with Crippen molar-refractivity contribution in [1.82, 2.24) is 9.97 Å². The zero-order valence-corrected chi connectivity index (χ0v) is 21.1. The van der Waals surface area contributed by atoms with E-state index in [4.69, 9.17) is 0 Å². The number of nitrogens with zero attached hydrogens (tertiary/aromatic N) is 6.